The Morgan fingerprint density at radius 1 is 0.840 bits per heavy atom. The summed E-state index contributed by atoms with van der Waals surface area (Å²) in [5, 5.41) is 3.28. The van der Waals surface area contributed by atoms with E-state index in [4.69, 9.17) is 16.2 Å². The Balaban J connectivity index is 1.48. The number of rotatable bonds is 7. The number of hydrogen-bond acceptors (Lipinski definition) is 4. The van der Waals surface area contributed by atoms with Crippen molar-refractivity contribution in [3.8, 4) is 5.75 Å². The fraction of sp³-hybridized carbons (Fsp3) is 0.143. The number of anilines is 4. The van der Waals surface area contributed by atoms with Crippen LogP contribution in [0.3, 0.4) is 0 Å². The summed E-state index contributed by atoms with van der Waals surface area (Å²) >= 11 is 0. The Bertz CT molecular complexity index is 801. The molecule has 0 spiro atoms. The number of nitrogens with two attached hydrogens (primary N) is 2. The average molecular weight is 333 g/mol. The predicted molar refractivity (Wildman–Crippen MR) is 105 cm³/mol. The van der Waals surface area contributed by atoms with Gasteiger partial charge in [-0.1, -0.05) is 30.3 Å². The van der Waals surface area contributed by atoms with Crippen LogP contribution in [0.5, 0.6) is 5.75 Å². The number of nitrogen functional groups attached to an aromatic ring is 2. The maximum Gasteiger partial charge on any atom is 0.119 e. The lowest BCUT2D eigenvalue weighted by atomic mass is 10.1. The van der Waals surface area contributed by atoms with Gasteiger partial charge in [-0.2, -0.15) is 0 Å². The van der Waals surface area contributed by atoms with Crippen molar-refractivity contribution in [2.24, 2.45) is 0 Å². The van der Waals surface area contributed by atoms with Crippen molar-refractivity contribution in [1.82, 2.24) is 0 Å². The molecule has 0 saturated carbocycles. The van der Waals surface area contributed by atoms with E-state index in [1.165, 1.54) is 5.56 Å². The standard InChI is InChI=1S/C21H23N3O/c22-17-8-13-21(20(23)15-17)24-18-9-11-19(12-10-18)25-14-4-7-16-5-2-1-3-6-16/h1-3,5-6,8-13,15,24H,4,7,14,22-23H2. The summed E-state index contributed by atoms with van der Waals surface area (Å²) in [6, 6.07) is 23.8. The van der Waals surface area contributed by atoms with Gasteiger partial charge in [0.05, 0.1) is 18.0 Å². The maximum atomic E-state index is 5.96. The molecule has 0 bridgehead atoms. The van der Waals surface area contributed by atoms with E-state index in [1.54, 1.807) is 6.07 Å². The van der Waals surface area contributed by atoms with Gasteiger partial charge in [-0.3, -0.25) is 0 Å². The molecular formula is C21H23N3O. The molecule has 0 radical (unpaired) electrons. The number of ether oxygens (including phenoxy) is 1. The molecule has 3 aromatic carbocycles. The van der Waals surface area contributed by atoms with E-state index in [9.17, 15) is 0 Å². The second kappa shape index (κ2) is 8.11. The van der Waals surface area contributed by atoms with Gasteiger partial charge in [0.15, 0.2) is 0 Å². The van der Waals surface area contributed by atoms with E-state index >= 15 is 0 Å². The maximum absolute atomic E-state index is 5.96. The second-order valence-electron chi connectivity index (χ2n) is 5.93. The lowest BCUT2D eigenvalue weighted by Crippen LogP contribution is -2.00. The zero-order valence-corrected chi connectivity index (χ0v) is 14.1. The van der Waals surface area contributed by atoms with Crippen molar-refractivity contribution in [3.63, 3.8) is 0 Å². The second-order valence-corrected chi connectivity index (χ2v) is 5.93. The quantitative estimate of drug-likeness (QED) is 0.436. The van der Waals surface area contributed by atoms with Crippen LogP contribution in [-0.4, -0.2) is 6.61 Å². The molecule has 3 aromatic rings. The molecule has 0 aliphatic heterocycles. The first-order valence-electron chi connectivity index (χ1n) is 8.39. The summed E-state index contributed by atoms with van der Waals surface area (Å²) in [5.74, 6) is 0.865. The average Bonchev–Trinajstić information content (AvgIpc) is 2.63. The van der Waals surface area contributed by atoms with E-state index < -0.39 is 0 Å². The number of hydrogen-bond donors (Lipinski definition) is 3. The summed E-state index contributed by atoms with van der Waals surface area (Å²) in [4.78, 5) is 0. The van der Waals surface area contributed by atoms with Gasteiger partial charge in [0.25, 0.3) is 0 Å². The van der Waals surface area contributed by atoms with Crippen molar-refractivity contribution >= 4 is 22.7 Å². The van der Waals surface area contributed by atoms with Crippen LogP contribution in [0, 0.1) is 0 Å². The zero-order valence-electron chi connectivity index (χ0n) is 14.1. The third-order valence-electron chi connectivity index (χ3n) is 3.93. The highest BCUT2D eigenvalue weighted by atomic mass is 16.5. The van der Waals surface area contributed by atoms with Crippen LogP contribution < -0.4 is 21.5 Å². The SMILES string of the molecule is Nc1ccc(Nc2ccc(OCCCc3ccccc3)cc2)c(N)c1. The Hall–Kier alpha value is -3.14. The highest BCUT2D eigenvalue weighted by Gasteiger charge is 2.01. The van der Waals surface area contributed by atoms with Crippen molar-refractivity contribution in [2.75, 3.05) is 23.4 Å². The smallest absolute Gasteiger partial charge is 0.119 e. The van der Waals surface area contributed by atoms with Crippen LogP contribution in [0.4, 0.5) is 22.7 Å². The van der Waals surface area contributed by atoms with E-state index in [0.29, 0.717) is 18.0 Å². The molecule has 0 aliphatic rings. The van der Waals surface area contributed by atoms with Gasteiger partial charge >= 0.3 is 0 Å². The molecule has 0 fully saturated rings. The van der Waals surface area contributed by atoms with Crippen LogP contribution in [0.25, 0.3) is 0 Å². The number of nitrogens with one attached hydrogen (secondary N) is 1. The highest BCUT2D eigenvalue weighted by Crippen LogP contribution is 2.26. The summed E-state index contributed by atoms with van der Waals surface area (Å²) in [7, 11) is 0. The first kappa shape index (κ1) is 16.7. The molecule has 3 rings (SSSR count). The molecule has 5 N–H and O–H groups in total. The third kappa shape index (κ3) is 4.91. The van der Waals surface area contributed by atoms with Crippen molar-refractivity contribution in [1.29, 1.82) is 0 Å². The molecule has 4 nitrogen and oxygen atoms in total. The fourth-order valence-electron chi connectivity index (χ4n) is 2.60. The Morgan fingerprint density at radius 2 is 1.60 bits per heavy atom. The molecule has 0 heterocycles. The van der Waals surface area contributed by atoms with Gasteiger partial charge in [0.1, 0.15) is 5.75 Å². The van der Waals surface area contributed by atoms with Crippen LogP contribution in [0.1, 0.15) is 12.0 Å². The first-order valence-corrected chi connectivity index (χ1v) is 8.39. The van der Waals surface area contributed by atoms with Crippen LogP contribution >= 0.6 is 0 Å². The Kier molecular flexibility index (Phi) is 5.42. The van der Waals surface area contributed by atoms with Gasteiger partial charge in [-0.05, 0) is 60.9 Å². The minimum Gasteiger partial charge on any atom is -0.494 e. The predicted octanol–water partition coefficient (Wildman–Crippen LogP) is 4.61. The fourth-order valence-corrected chi connectivity index (χ4v) is 2.60. The molecule has 0 saturated heterocycles. The van der Waals surface area contributed by atoms with E-state index in [2.05, 4.69) is 29.6 Å². The molecule has 0 aliphatic carbocycles. The third-order valence-corrected chi connectivity index (χ3v) is 3.93. The van der Waals surface area contributed by atoms with Crippen molar-refractivity contribution < 1.29 is 4.74 Å². The lowest BCUT2D eigenvalue weighted by Gasteiger charge is -2.11. The van der Waals surface area contributed by atoms with Gasteiger partial charge in [-0.25, -0.2) is 0 Å². The summed E-state index contributed by atoms with van der Waals surface area (Å²) in [5.41, 5.74) is 16.1. The summed E-state index contributed by atoms with van der Waals surface area (Å²) in [6.45, 7) is 0.701. The van der Waals surface area contributed by atoms with Crippen LogP contribution in [0.2, 0.25) is 0 Å². The van der Waals surface area contributed by atoms with E-state index in [1.807, 2.05) is 42.5 Å². The molecule has 0 amide bonds. The topological polar surface area (TPSA) is 73.3 Å². The first-order chi connectivity index (χ1) is 12.2. The summed E-state index contributed by atoms with van der Waals surface area (Å²) < 4.78 is 5.80. The molecule has 0 aromatic heterocycles. The minimum absolute atomic E-state index is 0.626. The summed E-state index contributed by atoms with van der Waals surface area (Å²) in [6.07, 6.45) is 2.02. The van der Waals surface area contributed by atoms with Gasteiger partial charge in [0, 0.05) is 11.4 Å². The van der Waals surface area contributed by atoms with Crippen molar-refractivity contribution in [3.05, 3.63) is 78.4 Å². The molecule has 4 heteroatoms. The molecule has 128 valence electrons. The van der Waals surface area contributed by atoms with Gasteiger partial charge in [-0.15, -0.1) is 0 Å². The van der Waals surface area contributed by atoms with Gasteiger partial charge in [0.2, 0.25) is 0 Å². The molecular weight excluding hydrogens is 310 g/mol. The number of benzene rings is 3. The largest absolute Gasteiger partial charge is 0.494 e. The van der Waals surface area contributed by atoms with Crippen LogP contribution in [0.15, 0.2) is 72.8 Å². The van der Waals surface area contributed by atoms with Crippen molar-refractivity contribution in [2.45, 2.75) is 12.8 Å². The van der Waals surface area contributed by atoms with Crippen LogP contribution in [-0.2, 0) is 6.42 Å². The Labute approximate surface area is 148 Å². The zero-order chi connectivity index (χ0) is 17.5. The molecule has 0 atom stereocenters. The van der Waals surface area contributed by atoms with E-state index in [0.717, 1.165) is 30.0 Å². The van der Waals surface area contributed by atoms with E-state index in [-0.39, 0.29) is 0 Å². The monoisotopic (exact) mass is 333 g/mol. The Morgan fingerprint density at radius 3 is 2.32 bits per heavy atom. The lowest BCUT2D eigenvalue weighted by molar-refractivity contribution is 0.311. The number of aryl methyl sites for hydroxylation is 1. The minimum atomic E-state index is 0.626. The normalized spacial score (nSPS) is 10.4. The molecule has 0 unspecified atom stereocenters. The highest BCUT2D eigenvalue weighted by molar-refractivity contribution is 5.75. The van der Waals surface area contributed by atoms with Gasteiger partial charge < -0.3 is 21.5 Å². The molecule has 25 heavy (non-hydrogen) atoms.